The Morgan fingerprint density at radius 2 is 1.86 bits per heavy atom. The van der Waals surface area contributed by atoms with Crippen molar-refractivity contribution in [1.29, 1.82) is 0 Å². The van der Waals surface area contributed by atoms with E-state index in [1.807, 2.05) is 0 Å². The van der Waals surface area contributed by atoms with Crippen LogP contribution in [0.3, 0.4) is 0 Å². The lowest BCUT2D eigenvalue weighted by Gasteiger charge is -2.12. The van der Waals surface area contributed by atoms with Crippen molar-refractivity contribution in [2.45, 2.75) is 11.3 Å². The number of anilines is 1. The molecule has 0 amide bonds. The lowest BCUT2D eigenvalue weighted by molar-refractivity contribution is -0.276. The topological polar surface area (TPSA) is 35.2 Å². The summed E-state index contributed by atoms with van der Waals surface area (Å²) >= 11 is 3.61. The maximum absolute atomic E-state index is 13.0. The van der Waals surface area contributed by atoms with Crippen LogP contribution < -0.4 is 10.5 Å². The normalized spacial score (nSPS) is 11.5. The van der Waals surface area contributed by atoms with Gasteiger partial charge in [-0.2, -0.15) is 0 Å². The molecular formula is C7H5F4NOS. The predicted octanol–water partition coefficient (Wildman–Crippen LogP) is 2.60. The summed E-state index contributed by atoms with van der Waals surface area (Å²) in [6, 6.07) is 2.21. The largest absolute Gasteiger partial charge is 0.573 e. The number of hydrogen-bond donors (Lipinski definition) is 2. The van der Waals surface area contributed by atoms with E-state index in [1.54, 1.807) is 0 Å². The number of hydrogen-bond acceptors (Lipinski definition) is 3. The van der Waals surface area contributed by atoms with Crippen molar-refractivity contribution in [3.63, 3.8) is 0 Å². The molecule has 7 heteroatoms. The number of halogens is 4. The molecule has 14 heavy (non-hydrogen) atoms. The van der Waals surface area contributed by atoms with Crippen molar-refractivity contribution in [2.75, 3.05) is 5.73 Å². The molecule has 2 nitrogen and oxygen atoms in total. The first-order valence-corrected chi connectivity index (χ1v) is 3.78. The van der Waals surface area contributed by atoms with Crippen LogP contribution in [0.5, 0.6) is 5.75 Å². The number of nitrogens with two attached hydrogens (primary N) is 1. The highest BCUT2D eigenvalue weighted by molar-refractivity contribution is 7.80. The van der Waals surface area contributed by atoms with Crippen LogP contribution in [0.25, 0.3) is 0 Å². The van der Waals surface area contributed by atoms with Gasteiger partial charge < -0.3 is 10.5 Å². The number of ether oxygens (including phenoxy) is 1. The van der Waals surface area contributed by atoms with Crippen LogP contribution in [0.15, 0.2) is 17.0 Å². The average Bonchev–Trinajstić information content (AvgIpc) is 2.04. The number of benzene rings is 1. The van der Waals surface area contributed by atoms with Gasteiger partial charge in [-0.25, -0.2) is 4.39 Å². The molecule has 1 aromatic rings. The Labute approximate surface area is 82.1 Å². The Morgan fingerprint density at radius 3 is 2.36 bits per heavy atom. The molecule has 0 saturated heterocycles. The molecule has 0 fully saturated rings. The highest BCUT2D eigenvalue weighted by atomic mass is 32.1. The van der Waals surface area contributed by atoms with E-state index in [1.165, 1.54) is 0 Å². The molecule has 0 heterocycles. The summed E-state index contributed by atoms with van der Waals surface area (Å²) in [5.41, 5.74) is 4.62. The molecule has 1 aromatic carbocycles. The molecule has 0 radical (unpaired) electrons. The lowest BCUT2D eigenvalue weighted by atomic mass is 10.3. The van der Waals surface area contributed by atoms with Gasteiger partial charge in [-0.3, -0.25) is 0 Å². The molecule has 0 atom stereocenters. The van der Waals surface area contributed by atoms with Crippen LogP contribution in [0, 0.1) is 5.82 Å². The Kier molecular flexibility index (Phi) is 2.79. The van der Waals surface area contributed by atoms with E-state index in [9.17, 15) is 17.6 Å². The number of rotatable bonds is 1. The van der Waals surface area contributed by atoms with E-state index in [2.05, 4.69) is 17.4 Å². The second kappa shape index (κ2) is 3.56. The Hall–Kier alpha value is -1.11. The van der Waals surface area contributed by atoms with Gasteiger partial charge in [0.05, 0.1) is 5.69 Å². The van der Waals surface area contributed by atoms with E-state index in [-0.39, 0.29) is 4.90 Å². The van der Waals surface area contributed by atoms with Gasteiger partial charge in [0.2, 0.25) is 0 Å². The molecule has 78 valence electrons. The van der Waals surface area contributed by atoms with Gasteiger partial charge >= 0.3 is 6.36 Å². The SMILES string of the molecule is Nc1ccc(S)c(OC(F)(F)F)c1F. The summed E-state index contributed by atoms with van der Waals surface area (Å²) in [6.07, 6.45) is -4.97. The van der Waals surface area contributed by atoms with Gasteiger partial charge in [0.1, 0.15) is 0 Å². The summed E-state index contributed by atoms with van der Waals surface area (Å²) < 4.78 is 51.7. The minimum absolute atomic E-state index is 0.269. The fourth-order valence-electron chi connectivity index (χ4n) is 0.774. The van der Waals surface area contributed by atoms with E-state index >= 15 is 0 Å². The smallest absolute Gasteiger partial charge is 0.401 e. The average molecular weight is 227 g/mol. The summed E-state index contributed by atoms with van der Waals surface area (Å²) in [5, 5.41) is 0. The first-order valence-electron chi connectivity index (χ1n) is 3.34. The van der Waals surface area contributed by atoms with Crippen LogP contribution >= 0.6 is 12.6 Å². The number of thiol groups is 1. The maximum Gasteiger partial charge on any atom is 0.573 e. The summed E-state index contributed by atoms with van der Waals surface area (Å²) in [6.45, 7) is 0. The molecular weight excluding hydrogens is 222 g/mol. The fraction of sp³-hybridized carbons (Fsp3) is 0.143. The van der Waals surface area contributed by atoms with Gasteiger partial charge in [0.15, 0.2) is 11.6 Å². The van der Waals surface area contributed by atoms with Crippen LogP contribution in [-0.2, 0) is 0 Å². The molecule has 0 aliphatic rings. The van der Waals surface area contributed by atoms with Crippen molar-refractivity contribution < 1.29 is 22.3 Å². The molecule has 0 unspecified atom stereocenters. The van der Waals surface area contributed by atoms with Crippen molar-refractivity contribution in [3.05, 3.63) is 17.9 Å². The minimum Gasteiger partial charge on any atom is -0.401 e. The highest BCUT2D eigenvalue weighted by Crippen LogP contribution is 2.33. The molecule has 2 N–H and O–H groups in total. The molecule has 0 aliphatic heterocycles. The minimum atomic E-state index is -4.97. The van der Waals surface area contributed by atoms with Gasteiger partial charge in [-0.1, -0.05) is 0 Å². The van der Waals surface area contributed by atoms with Gasteiger partial charge in [-0.05, 0) is 12.1 Å². The Morgan fingerprint density at radius 1 is 1.29 bits per heavy atom. The zero-order chi connectivity index (χ0) is 10.9. The molecule has 0 spiro atoms. The van der Waals surface area contributed by atoms with Crippen molar-refractivity contribution in [1.82, 2.24) is 0 Å². The summed E-state index contributed by atoms with van der Waals surface area (Å²) in [5.74, 6) is -2.28. The lowest BCUT2D eigenvalue weighted by Crippen LogP contribution is -2.18. The van der Waals surface area contributed by atoms with Gasteiger partial charge in [0, 0.05) is 4.90 Å². The van der Waals surface area contributed by atoms with E-state index in [4.69, 9.17) is 5.73 Å². The van der Waals surface area contributed by atoms with Crippen LogP contribution in [0.2, 0.25) is 0 Å². The summed E-state index contributed by atoms with van der Waals surface area (Å²) in [4.78, 5) is -0.269. The molecule has 0 aromatic heterocycles. The molecule has 1 rings (SSSR count). The zero-order valence-electron chi connectivity index (χ0n) is 6.60. The number of nitrogen functional groups attached to an aromatic ring is 1. The standard InChI is InChI=1S/C7H5F4NOS/c8-5-3(12)1-2-4(14)6(5)13-7(9,10)11/h1-2,14H,12H2. The third-order valence-electron chi connectivity index (χ3n) is 1.32. The first-order chi connectivity index (χ1) is 6.31. The maximum atomic E-state index is 13.0. The Bertz CT molecular complexity index is 352. The van der Waals surface area contributed by atoms with Crippen molar-refractivity contribution in [2.24, 2.45) is 0 Å². The fourth-order valence-corrected chi connectivity index (χ4v) is 0.992. The second-order valence-electron chi connectivity index (χ2n) is 2.36. The van der Waals surface area contributed by atoms with Gasteiger partial charge in [-0.15, -0.1) is 25.8 Å². The number of alkyl halides is 3. The van der Waals surface area contributed by atoms with Gasteiger partial charge in [0.25, 0.3) is 0 Å². The van der Waals surface area contributed by atoms with Crippen LogP contribution in [0.4, 0.5) is 23.2 Å². The monoisotopic (exact) mass is 227 g/mol. The quantitative estimate of drug-likeness (QED) is 0.439. The van der Waals surface area contributed by atoms with E-state index in [0.29, 0.717) is 0 Å². The molecule has 0 saturated carbocycles. The van der Waals surface area contributed by atoms with Crippen LogP contribution in [0.1, 0.15) is 0 Å². The zero-order valence-corrected chi connectivity index (χ0v) is 7.49. The van der Waals surface area contributed by atoms with E-state index < -0.39 is 23.6 Å². The van der Waals surface area contributed by atoms with Crippen molar-refractivity contribution in [3.8, 4) is 5.75 Å². The van der Waals surface area contributed by atoms with E-state index in [0.717, 1.165) is 12.1 Å². The highest BCUT2D eigenvalue weighted by Gasteiger charge is 2.33. The molecule has 0 bridgehead atoms. The molecule has 0 aliphatic carbocycles. The summed E-state index contributed by atoms with van der Waals surface area (Å²) in [7, 11) is 0. The first kappa shape index (κ1) is 11.0. The predicted molar refractivity (Wildman–Crippen MR) is 44.7 cm³/mol. The third kappa shape index (κ3) is 2.44. The second-order valence-corrected chi connectivity index (χ2v) is 2.85. The van der Waals surface area contributed by atoms with Crippen LogP contribution in [-0.4, -0.2) is 6.36 Å². The Balaban J connectivity index is 3.13. The van der Waals surface area contributed by atoms with Crippen molar-refractivity contribution >= 4 is 18.3 Å². The third-order valence-corrected chi connectivity index (χ3v) is 1.68.